The summed E-state index contributed by atoms with van der Waals surface area (Å²) >= 11 is 1.29. The second-order valence-corrected chi connectivity index (χ2v) is 3.48. The third-order valence-electron chi connectivity index (χ3n) is 1.53. The van der Waals surface area contributed by atoms with Gasteiger partial charge in [0.1, 0.15) is 22.4 Å². The summed E-state index contributed by atoms with van der Waals surface area (Å²) in [6.45, 7) is 0. The van der Waals surface area contributed by atoms with Gasteiger partial charge in [0, 0.05) is 18.6 Å². The summed E-state index contributed by atoms with van der Waals surface area (Å²) in [6, 6.07) is 3.73. The lowest BCUT2D eigenvalue weighted by Crippen LogP contribution is -1.90. The van der Waals surface area contributed by atoms with Gasteiger partial charge >= 0.3 is 0 Å². The number of hydrogen-bond acceptors (Lipinski definition) is 6. The van der Waals surface area contributed by atoms with Crippen molar-refractivity contribution in [1.29, 1.82) is 5.26 Å². The molecule has 0 aliphatic carbocycles. The molecule has 15 heavy (non-hydrogen) atoms. The molecule has 2 rings (SSSR count). The molecule has 0 atom stereocenters. The van der Waals surface area contributed by atoms with E-state index in [9.17, 15) is 0 Å². The number of nitrogens with zero attached hydrogens (tertiary/aromatic N) is 5. The first-order valence-corrected chi connectivity index (χ1v) is 4.87. The van der Waals surface area contributed by atoms with Gasteiger partial charge in [-0.05, 0) is 17.8 Å². The van der Waals surface area contributed by atoms with E-state index in [2.05, 4.69) is 19.9 Å². The molecular formula is C9H5N5S. The van der Waals surface area contributed by atoms with Crippen LogP contribution in [-0.4, -0.2) is 19.9 Å². The monoisotopic (exact) mass is 215 g/mol. The van der Waals surface area contributed by atoms with E-state index in [0.717, 1.165) is 5.03 Å². The highest BCUT2D eigenvalue weighted by atomic mass is 32.2. The highest BCUT2D eigenvalue weighted by molar-refractivity contribution is 7.99. The van der Waals surface area contributed by atoms with Crippen molar-refractivity contribution in [3.63, 3.8) is 0 Å². The van der Waals surface area contributed by atoms with Crippen molar-refractivity contribution in [3.8, 4) is 6.07 Å². The maximum absolute atomic E-state index is 8.80. The van der Waals surface area contributed by atoms with Gasteiger partial charge in [0.15, 0.2) is 5.69 Å². The smallest absolute Gasteiger partial charge is 0.173 e. The second-order valence-electron chi connectivity index (χ2n) is 2.47. The molecule has 0 radical (unpaired) electrons. The van der Waals surface area contributed by atoms with E-state index in [1.165, 1.54) is 24.3 Å². The Labute approximate surface area is 90.2 Å². The summed E-state index contributed by atoms with van der Waals surface area (Å²) in [5.41, 5.74) is 0.307. The molecule has 2 heterocycles. The quantitative estimate of drug-likeness (QED) is 0.702. The molecule has 72 valence electrons. The topological polar surface area (TPSA) is 75.3 Å². The Kier molecular flexibility index (Phi) is 2.85. The Hall–Kier alpha value is -2.00. The van der Waals surface area contributed by atoms with Crippen LogP contribution in [0.5, 0.6) is 0 Å². The highest BCUT2D eigenvalue weighted by Gasteiger charge is 2.06. The Balaban J connectivity index is 2.29. The predicted molar refractivity (Wildman–Crippen MR) is 52.9 cm³/mol. The molecule has 0 fully saturated rings. The zero-order valence-electron chi connectivity index (χ0n) is 7.53. The van der Waals surface area contributed by atoms with Crippen LogP contribution in [0.15, 0.2) is 41.0 Å². The standard InChI is InChI=1S/C9H5N5S/c10-5-7-9(13-4-3-12-7)15-8-1-2-11-6-14-8/h1-4,6H. The normalized spacial score (nSPS) is 9.53. The summed E-state index contributed by atoms with van der Waals surface area (Å²) in [5, 5.41) is 10.1. The molecular weight excluding hydrogens is 210 g/mol. The number of aromatic nitrogens is 4. The molecule has 0 saturated carbocycles. The molecule has 2 aromatic rings. The lowest BCUT2D eigenvalue weighted by atomic mass is 10.5. The van der Waals surface area contributed by atoms with E-state index in [-0.39, 0.29) is 0 Å². The third kappa shape index (κ3) is 2.27. The number of nitriles is 1. The zero-order valence-corrected chi connectivity index (χ0v) is 8.35. The van der Waals surface area contributed by atoms with Gasteiger partial charge in [-0.15, -0.1) is 0 Å². The third-order valence-corrected chi connectivity index (χ3v) is 2.47. The first kappa shape index (κ1) is 9.55. The van der Waals surface area contributed by atoms with Gasteiger partial charge < -0.3 is 0 Å². The van der Waals surface area contributed by atoms with Crippen molar-refractivity contribution in [2.24, 2.45) is 0 Å². The van der Waals surface area contributed by atoms with Crippen LogP contribution in [0.4, 0.5) is 0 Å². The average molecular weight is 215 g/mol. The predicted octanol–water partition coefficient (Wildman–Crippen LogP) is 1.29. The van der Waals surface area contributed by atoms with Gasteiger partial charge in [-0.2, -0.15) is 5.26 Å². The van der Waals surface area contributed by atoms with E-state index in [1.54, 1.807) is 18.5 Å². The highest BCUT2D eigenvalue weighted by Crippen LogP contribution is 2.24. The van der Waals surface area contributed by atoms with Crippen molar-refractivity contribution in [2.45, 2.75) is 10.1 Å². The van der Waals surface area contributed by atoms with Crippen LogP contribution >= 0.6 is 11.8 Å². The van der Waals surface area contributed by atoms with E-state index < -0.39 is 0 Å². The molecule has 0 unspecified atom stereocenters. The molecule has 0 bridgehead atoms. The SMILES string of the molecule is N#Cc1nccnc1Sc1ccncn1. The van der Waals surface area contributed by atoms with Crippen LogP contribution in [-0.2, 0) is 0 Å². The first-order valence-electron chi connectivity index (χ1n) is 4.05. The summed E-state index contributed by atoms with van der Waals surface area (Å²) in [7, 11) is 0. The van der Waals surface area contributed by atoms with Crippen molar-refractivity contribution in [2.75, 3.05) is 0 Å². The molecule has 6 heteroatoms. The zero-order chi connectivity index (χ0) is 10.5. The molecule has 0 saturated heterocycles. The largest absolute Gasteiger partial charge is 0.245 e. The Morgan fingerprint density at radius 1 is 1.13 bits per heavy atom. The molecule has 0 spiro atoms. The van der Waals surface area contributed by atoms with E-state index in [0.29, 0.717) is 10.7 Å². The van der Waals surface area contributed by atoms with E-state index in [4.69, 9.17) is 5.26 Å². The number of rotatable bonds is 2. The van der Waals surface area contributed by atoms with Gasteiger partial charge in [-0.25, -0.2) is 19.9 Å². The number of hydrogen-bond donors (Lipinski definition) is 0. The molecule has 0 aliphatic rings. The Morgan fingerprint density at radius 2 is 2.00 bits per heavy atom. The summed E-state index contributed by atoms with van der Waals surface area (Å²) < 4.78 is 0. The second kappa shape index (κ2) is 4.48. The average Bonchev–Trinajstić information content (AvgIpc) is 2.31. The minimum Gasteiger partial charge on any atom is -0.245 e. The first-order chi connectivity index (χ1) is 7.40. The summed E-state index contributed by atoms with van der Waals surface area (Å²) in [6.07, 6.45) is 6.12. The Bertz CT molecular complexity index is 493. The van der Waals surface area contributed by atoms with Crippen LogP contribution in [0.1, 0.15) is 5.69 Å². The maximum Gasteiger partial charge on any atom is 0.173 e. The van der Waals surface area contributed by atoms with Crippen molar-refractivity contribution in [3.05, 3.63) is 36.7 Å². The molecule has 2 aromatic heterocycles. The van der Waals surface area contributed by atoms with E-state index >= 15 is 0 Å². The van der Waals surface area contributed by atoms with Crippen molar-refractivity contribution < 1.29 is 0 Å². The van der Waals surface area contributed by atoms with Crippen molar-refractivity contribution in [1.82, 2.24) is 19.9 Å². The van der Waals surface area contributed by atoms with Crippen LogP contribution in [0.25, 0.3) is 0 Å². The minimum absolute atomic E-state index is 0.307. The Morgan fingerprint density at radius 3 is 2.73 bits per heavy atom. The minimum atomic E-state index is 0.307. The van der Waals surface area contributed by atoms with Crippen LogP contribution in [0, 0.1) is 11.3 Å². The summed E-state index contributed by atoms with van der Waals surface area (Å²) in [5.74, 6) is 0. The lowest BCUT2D eigenvalue weighted by molar-refractivity contribution is 1.00. The molecule has 0 aliphatic heterocycles. The molecule has 0 amide bonds. The fourth-order valence-corrected chi connectivity index (χ4v) is 1.65. The fraction of sp³-hybridized carbons (Fsp3) is 0. The molecule has 5 nitrogen and oxygen atoms in total. The fourth-order valence-electron chi connectivity index (χ4n) is 0.915. The van der Waals surface area contributed by atoms with Gasteiger partial charge in [-0.3, -0.25) is 0 Å². The van der Waals surface area contributed by atoms with Crippen molar-refractivity contribution >= 4 is 11.8 Å². The van der Waals surface area contributed by atoms with Gasteiger partial charge in [-0.1, -0.05) is 0 Å². The summed E-state index contributed by atoms with van der Waals surface area (Å²) in [4.78, 5) is 15.8. The van der Waals surface area contributed by atoms with Gasteiger partial charge in [0.2, 0.25) is 0 Å². The lowest BCUT2D eigenvalue weighted by Gasteiger charge is -1.99. The van der Waals surface area contributed by atoms with Gasteiger partial charge in [0.25, 0.3) is 0 Å². The van der Waals surface area contributed by atoms with Crippen LogP contribution < -0.4 is 0 Å². The molecule has 0 aromatic carbocycles. The van der Waals surface area contributed by atoms with Crippen LogP contribution in [0.3, 0.4) is 0 Å². The van der Waals surface area contributed by atoms with Gasteiger partial charge in [0.05, 0.1) is 0 Å². The van der Waals surface area contributed by atoms with Crippen LogP contribution in [0.2, 0.25) is 0 Å². The van der Waals surface area contributed by atoms with E-state index in [1.807, 2.05) is 6.07 Å². The molecule has 0 N–H and O–H groups in total. The maximum atomic E-state index is 8.80.